The Morgan fingerprint density at radius 3 is 2.83 bits per heavy atom. The number of ether oxygens (including phenoxy) is 1. The molecule has 0 spiro atoms. The molecule has 0 fully saturated rings. The molecule has 2 heterocycles. The van der Waals surface area contributed by atoms with Gasteiger partial charge in [0.25, 0.3) is 0 Å². The molecule has 0 radical (unpaired) electrons. The smallest absolute Gasteiger partial charge is 0.225 e. The first-order chi connectivity index (χ1) is 10.9. The van der Waals surface area contributed by atoms with Crippen LogP contribution in [0.2, 0.25) is 5.28 Å². The normalized spacial score (nSPS) is 18.2. The van der Waals surface area contributed by atoms with Crippen LogP contribution in [0.25, 0.3) is 10.2 Å². The molecule has 0 amide bonds. The van der Waals surface area contributed by atoms with Crippen LogP contribution in [0.5, 0.6) is 0 Å². The minimum atomic E-state index is 0.309. The molecule has 3 rings (SSSR count). The maximum Gasteiger partial charge on any atom is 0.225 e. The number of hydrogen-bond acceptors (Lipinski definition) is 5. The molecule has 23 heavy (non-hydrogen) atoms. The van der Waals surface area contributed by atoms with Crippen LogP contribution in [0, 0.1) is 11.3 Å². The Morgan fingerprint density at radius 2 is 2.13 bits per heavy atom. The number of nitrogens with zero attached hydrogens (tertiary/aromatic N) is 2. The van der Waals surface area contributed by atoms with E-state index < -0.39 is 0 Å². The van der Waals surface area contributed by atoms with Gasteiger partial charge >= 0.3 is 0 Å². The molecule has 126 valence electrons. The number of aromatic nitrogens is 2. The van der Waals surface area contributed by atoms with Gasteiger partial charge in [-0.3, -0.25) is 0 Å². The molecule has 1 unspecified atom stereocenters. The highest BCUT2D eigenvalue weighted by atomic mass is 35.5. The molecule has 0 saturated carbocycles. The molecule has 0 bridgehead atoms. The summed E-state index contributed by atoms with van der Waals surface area (Å²) < 4.78 is 5.12. The van der Waals surface area contributed by atoms with Crippen molar-refractivity contribution in [2.45, 2.75) is 40.0 Å². The van der Waals surface area contributed by atoms with E-state index >= 15 is 0 Å². The van der Waals surface area contributed by atoms with Gasteiger partial charge in [0.05, 0.1) is 12.0 Å². The SMILES string of the molecule is COCCNc1nc(Cl)nc2sc3c(c12)CCC(C(C)(C)C)C3. The Morgan fingerprint density at radius 1 is 1.35 bits per heavy atom. The van der Waals surface area contributed by atoms with Crippen molar-refractivity contribution in [1.29, 1.82) is 0 Å². The number of nitrogens with one attached hydrogen (secondary N) is 1. The van der Waals surface area contributed by atoms with Crippen molar-refractivity contribution in [1.82, 2.24) is 9.97 Å². The molecule has 0 aromatic carbocycles. The largest absolute Gasteiger partial charge is 0.383 e. The molecule has 0 saturated heterocycles. The average Bonchev–Trinajstić information content (AvgIpc) is 2.83. The molecule has 1 aliphatic carbocycles. The molecule has 0 aliphatic heterocycles. The van der Waals surface area contributed by atoms with E-state index in [1.807, 2.05) is 0 Å². The van der Waals surface area contributed by atoms with E-state index in [1.54, 1.807) is 18.4 Å². The summed E-state index contributed by atoms with van der Waals surface area (Å²) in [6, 6.07) is 0. The lowest BCUT2D eigenvalue weighted by Crippen LogP contribution is -2.26. The first-order valence-corrected chi connectivity index (χ1v) is 9.30. The van der Waals surface area contributed by atoms with Gasteiger partial charge < -0.3 is 10.1 Å². The van der Waals surface area contributed by atoms with E-state index in [4.69, 9.17) is 16.3 Å². The fraction of sp³-hybridized carbons (Fsp3) is 0.647. The number of methoxy groups -OCH3 is 1. The Hall–Kier alpha value is -0.910. The summed E-state index contributed by atoms with van der Waals surface area (Å²) in [6.45, 7) is 8.37. The lowest BCUT2D eigenvalue weighted by atomic mass is 9.72. The number of fused-ring (bicyclic) bond motifs is 3. The van der Waals surface area contributed by atoms with Crippen molar-refractivity contribution in [3.05, 3.63) is 15.7 Å². The summed E-state index contributed by atoms with van der Waals surface area (Å²) in [5.74, 6) is 1.57. The zero-order valence-electron chi connectivity index (χ0n) is 14.2. The van der Waals surface area contributed by atoms with E-state index in [0.29, 0.717) is 23.9 Å². The van der Waals surface area contributed by atoms with Gasteiger partial charge in [-0.05, 0) is 47.8 Å². The highest BCUT2D eigenvalue weighted by Crippen LogP contribution is 2.44. The number of thiophene rings is 1. The van der Waals surface area contributed by atoms with Crippen LogP contribution in [0.1, 0.15) is 37.6 Å². The highest BCUT2D eigenvalue weighted by Gasteiger charge is 2.31. The summed E-state index contributed by atoms with van der Waals surface area (Å²) in [4.78, 5) is 11.3. The fourth-order valence-electron chi connectivity index (χ4n) is 3.29. The Kier molecular flexibility index (Phi) is 4.81. The average molecular weight is 354 g/mol. The molecule has 6 heteroatoms. The predicted molar refractivity (Wildman–Crippen MR) is 97.8 cm³/mol. The number of anilines is 1. The zero-order chi connectivity index (χ0) is 16.6. The van der Waals surface area contributed by atoms with E-state index in [0.717, 1.165) is 34.8 Å². The van der Waals surface area contributed by atoms with Gasteiger partial charge in [-0.1, -0.05) is 20.8 Å². The number of rotatable bonds is 4. The lowest BCUT2D eigenvalue weighted by molar-refractivity contribution is 0.210. The maximum absolute atomic E-state index is 6.11. The first kappa shape index (κ1) is 16.9. The van der Waals surface area contributed by atoms with E-state index in [9.17, 15) is 0 Å². The van der Waals surface area contributed by atoms with Gasteiger partial charge in [-0.25, -0.2) is 9.97 Å². The van der Waals surface area contributed by atoms with E-state index in [1.165, 1.54) is 16.9 Å². The Bertz CT molecular complexity index is 708. The molecule has 1 aliphatic rings. The summed E-state index contributed by atoms with van der Waals surface area (Å²) in [5, 5.41) is 4.83. The van der Waals surface area contributed by atoms with Crippen molar-refractivity contribution in [2.24, 2.45) is 11.3 Å². The predicted octanol–water partition coefficient (Wildman–Crippen LogP) is 4.55. The molecule has 2 aromatic heterocycles. The highest BCUT2D eigenvalue weighted by molar-refractivity contribution is 7.19. The monoisotopic (exact) mass is 353 g/mol. The Balaban J connectivity index is 1.99. The third-order valence-corrected chi connectivity index (χ3v) is 6.02. The topological polar surface area (TPSA) is 47.0 Å². The number of halogens is 1. The second kappa shape index (κ2) is 6.54. The molecule has 1 atom stereocenters. The molecular weight excluding hydrogens is 330 g/mol. The molecule has 4 nitrogen and oxygen atoms in total. The van der Waals surface area contributed by atoms with Crippen molar-refractivity contribution in [3.63, 3.8) is 0 Å². The third-order valence-electron chi connectivity index (χ3n) is 4.70. The minimum Gasteiger partial charge on any atom is -0.383 e. The van der Waals surface area contributed by atoms with Crippen LogP contribution in [0.15, 0.2) is 0 Å². The lowest BCUT2D eigenvalue weighted by Gasteiger charge is -2.33. The second-order valence-electron chi connectivity index (χ2n) is 7.25. The van der Waals surface area contributed by atoms with E-state index in [2.05, 4.69) is 36.1 Å². The number of aryl methyl sites for hydroxylation is 1. The summed E-state index contributed by atoms with van der Waals surface area (Å²) in [5.41, 5.74) is 1.76. The quantitative estimate of drug-likeness (QED) is 0.646. The van der Waals surface area contributed by atoms with Gasteiger partial charge in [0.1, 0.15) is 10.6 Å². The van der Waals surface area contributed by atoms with Gasteiger partial charge in [0, 0.05) is 18.5 Å². The summed E-state index contributed by atoms with van der Waals surface area (Å²) >= 11 is 7.90. The van der Waals surface area contributed by atoms with Crippen LogP contribution < -0.4 is 5.32 Å². The Labute approximate surface area is 146 Å². The van der Waals surface area contributed by atoms with Crippen LogP contribution >= 0.6 is 22.9 Å². The third kappa shape index (κ3) is 3.47. The summed E-state index contributed by atoms with van der Waals surface area (Å²) in [6.07, 6.45) is 3.46. The van der Waals surface area contributed by atoms with Crippen LogP contribution in [-0.2, 0) is 17.6 Å². The minimum absolute atomic E-state index is 0.309. The first-order valence-electron chi connectivity index (χ1n) is 8.10. The fourth-order valence-corrected chi connectivity index (χ4v) is 4.81. The van der Waals surface area contributed by atoms with E-state index in [-0.39, 0.29) is 0 Å². The second-order valence-corrected chi connectivity index (χ2v) is 8.67. The number of hydrogen-bond donors (Lipinski definition) is 1. The van der Waals surface area contributed by atoms with Crippen molar-refractivity contribution < 1.29 is 4.74 Å². The van der Waals surface area contributed by atoms with Crippen LogP contribution in [-0.4, -0.2) is 30.2 Å². The summed E-state index contributed by atoms with van der Waals surface area (Å²) in [7, 11) is 1.70. The van der Waals surface area contributed by atoms with Gasteiger partial charge in [-0.15, -0.1) is 11.3 Å². The van der Waals surface area contributed by atoms with Crippen molar-refractivity contribution in [3.8, 4) is 0 Å². The maximum atomic E-state index is 6.11. The molecule has 2 aromatic rings. The molecular formula is C17H24ClN3OS. The van der Waals surface area contributed by atoms with Gasteiger partial charge in [0.15, 0.2) is 0 Å². The van der Waals surface area contributed by atoms with Crippen LogP contribution in [0.4, 0.5) is 5.82 Å². The van der Waals surface area contributed by atoms with Gasteiger partial charge in [0.2, 0.25) is 5.28 Å². The van der Waals surface area contributed by atoms with Crippen molar-refractivity contribution >= 4 is 39.0 Å². The standard InChI is InChI=1S/C17H24ClN3OS/c1-17(2,3)10-5-6-11-12(9-10)23-15-13(11)14(19-7-8-22-4)20-16(18)21-15/h10H,5-9H2,1-4H3,(H,19,20,21). The zero-order valence-corrected chi connectivity index (χ0v) is 15.8. The van der Waals surface area contributed by atoms with Crippen LogP contribution in [0.3, 0.4) is 0 Å². The van der Waals surface area contributed by atoms with Crippen molar-refractivity contribution in [2.75, 3.05) is 25.6 Å². The molecule has 1 N–H and O–H groups in total. The van der Waals surface area contributed by atoms with Gasteiger partial charge in [-0.2, -0.15) is 0 Å².